The van der Waals surface area contributed by atoms with Crippen LogP contribution in [0.2, 0.25) is 0 Å². The number of amides is 1. The van der Waals surface area contributed by atoms with Crippen LogP contribution in [-0.4, -0.2) is 52.7 Å². The van der Waals surface area contributed by atoms with Crippen molar-refractivity contribution in [2.24, 2.45) is 0 Å². The number of carbonyl (C=O) groups is 1. The van der Waals surface area contributed by atoms with E-state index in [1.165, 1.54) is 0 Å². The molecule has 4 aromatic rings. The SMILES string of the molecule is Cc1nn(C2CCS(=O)(=O)C2)c(C)c1CN(C)C(=O)c1ccc2noc(-c3ccccc3)c2c1. The van der Waals surface area contributed by atoms with Crippen LogP contribution in [-0.2, 0) is 16.4 Å². The summed E-state index contributed by atoms with van der Waals surface area (Å²) < 4.78 is 31.2. The monoisotopic (exact) mass is 478 g/mol. The smallest absolute Gasteiger partial charge is 0.253 e. The van der Waals surface area contributed by atoms with Gasteiger partial charge in [0.1, 0.15) is 5.52 Å². The number of benzene rings is 2. The lowest BCUT2D eigenvalue weighted by atomic mass is 10.1. The third-order valence-corrected chi connectivity index (χ3v) is 8.28. The van der Waals surface area contributed by atoms with E-state index in [0.29, 0.717) is 29.8 Å². The Labute approximate surface area is 198 Å². The Morgan fingerprint density at radius 1 is 1.18 bits per heavy atom. The van der Waals surface area contributed by atoms with Gasteiger partial charge in [0.25, 0.3) is 5.91 Å². The minimum absolute atomic E-state index is 0.117. The lowest BCUT2D eigenvalue weighted by Crippen LogP contribution is -2.26. The van der Waals surface area contributed by atoms with Crippen LogP contribution < -0.4 is 0 Å². The molecule has 2 aromatic heterocycles. The number of rotatable bonds is 5. The highest BCUT2D eigenvalue weighted by molar-refractivity contribution is 7.91. The molecule has 0 N–H and O–H groups in total. The number of nitrogens with zero attached hydrogens (tertiary/aromatic N) is 4. The molecule has 3 heterocycles. The summed E-state index contributed by atoms with van der Waals surface area (Å²) in [6.45, 7) is 4.22. The lowest BCUT2D eigenvalue weighted by molar-refractivity contribution is 0.0785. The Kier molecular flexibility index (Phi) is 5.51. The minimum Gasteiger partial charge on any atom is -0.355 e. The highest BCUT2D eigenvalue weighted by Crippen LogP contribution is 2.30. The summed E-state index contributed by atoms with van der Waals surface area (Å²) in [5.74, 6) is 0.815. The highest BCUT2D eigenvalue weighted by atomic mass is 32.2. The largest absolute Gasteiger partial charge is 0.355 e. The Bertz CT molecular complexity index is 1490. The van der Waals surface area contributed by atoms with Gasteiger partial charge in [-0.2, -0.15) is 5.10 Å². The first-order valence-electron chi connectivity index (χ1n) is 11.2. The van der Waals surface area contributed by atoms with Gasteiger partial charge in [-0.25, -0.2) is 8.42 Å². The van der Waals surface area contributed by atoms with Crippen molar-refractivity contribution in [2.45, 2.75) is 32.9 Å². The van der Waals surface area contributed by atoms with Crippen molar-refractivity contribution in [2.75, 3.05) is 18.6 Å². The average Bonchev–Trinajstić information content (AvgIpc) is 3.49. The molecule has 0 spiro atoms. The summed E-state index contributed by atoms with van der Waals surface area (Å²) in [6.07, 6.45) is 0.570. The standard InChI is InChI=1S/C25H26N4O4S/c1-16-22(17(2)29(26-16)20-11-12-34(31,32)15-20)14-28(3)25(30)19-9-10-23-21(13-19)24(33-27-23)18-7-5-4-6-8-18/h4-10,13,20H,11-12,14-15H2,1-3H3. The molecule has 34 heavy (non-hydrogen) atoms. The van der Waals surface area contributed by atoms with E-state index in [1.807, 2.05) is 54.9 Å². The molecule has 0 aliphatic carbocycles. The first-order valence-corrected chi connectivity index (χ1v) is 13.0. The molecule has 9 heteroatoms. The molecule has 1 atom stereocenters. The molecular formula is C25H26N4O4S. The fourth-order valence-corrected chi connectivity index (χ4v) is 6.34. The topological polar surface area (TPSA) is 98.3 Å². The summed E-state index contributed by atoms with van der Waals surface area (Å²) >= 11 is 0. The van der Waals surface area contributed by atoms with Gasteiger partial charge in [-0.1, -0.05) is 35.5 Å². The molecule has 1 aliphatic heterocycles. The predicted molar refractivity (Wildman–Crippen MR) is 129 cm³/mol. The van der Waals surface area contributed by atoms with Gasteiger partial charge in [0.2, 0.25) is 0 Å². The Balaban J connectivity index is 1.40. The Morgan fingerprint density at radius 2 is 1.94 bits per heavy atom. The number of carbonyl (C=O) groups excluding carboxylic acids is 1. The lowest BCUT2D eigenvalue weighted by Gasteiger charge is -2.18. The zero-order chi connectivity index (χ0) is 24.0. The molecule has 176 valence electrons. The van der Waals surface area contributed by atoms with Gasteiger partial charge < -0.3 is 9.42 Å². The van der Waals surface area contributed by atoms with Crippen molar-refractivity contribution < 1.29 is 17.7 Å². The Hall–Kier alpha value is -3.46. The van der Waals surface area contributed by atoms with Crippen LogP contribution in [0.3, 0.4) is 0 Å². The maximum Gasteiger partial charge on any atom is 0.253 e. The van der Waals surface area contributed by atoms with Gasteiger partial charge in [0.15, 0.2) is 15.6 Å². The van der Waals surface area contributed by atoms with Gasteiger partial charge in [0, 0.05) is 36.0 Å². The number of aromatic nitrogens is 3. The molecule has 2 aromatic carbocycles. The summed E-state index contributed by atoms with van der Waals surface area (Å²) in [4.78, 5) is 15.0. The quantitative estimate of drug-likeness (QED) is 0.431. The summed E-state index contributed by atoms with van der Waals surface area (Å²) in [5.41, 5.74) is 4.78. The molecule has 0 bridgehead atoms. The summed E-state index contributed by atoms with van der Waals surface area (Å²) in [7, 11) is -1.25. The number of aryl methyl sites for hydroxylation is 1. The van der Waals surface area contributed by atoms with Gasteiger partial charge >= 0.3 is 0 Å². The van der Waals surface area contributed by atoms with Crippen LogP contribution in [0.25, 0.3) is 22.2 Å². The fraction of sp³-hybridized carbons (Fsp3) is 0.320. The number of hydrogen-bond acceptors (Lipinski definition) is 6. The zero-order valence-electron chi connectivity index (χ0n) is 19.4. The van der Waals surface area contributed by atoms with Crippen molar-refractivity contribution in [3.05, 3.63) is 71.0 Å². The number of sulfone groups is 1. The third kappa shape index (κ3) is 4.00. The molecule has 8 nitrogen and oxygen atoms in total. The second-order valence-corrected chi connectivity index (χ2v) is 11.2. The summed E-state index contributed by atoms with van der Waals surface area (Å²) in [6, 6.07) is 14.9. The predicted octanol–water partition coefficient (Wildman–Crippen LogP) is 3.94. The van der Waals surface area contributed by atoms with Crippen LogP contribution in [0.4, 0.5) is 0 Å². The fourth-order valence-electron chi connectivity index (χ4n) is 4.65. The van der Waals surface area contributed by atoms with E-state index in [9.17, 15) is 13.2 Å². The van der Waals surface area contributed by atoms with Crippen LogP contribution in [0.15, 0.2) is 53.1 Å². The van der Waals surface area contributed by atoms with Crippen LogP contribution in [0, 0.1) is 13.8 Å². The molecule has 1 saturated heterocycles. The van der Waals surface area contributed by atoms with E-state index in [-0.39, 0.29) is 23.5 Å². The van der Waals surface area contributed by atoms with E-state index in [0.717, 1.165) is 27.9 Å². The molecule has 1 aliphatic rings. The molecule has 0 saturated carbocycles. The highest BCUT2D eigenvalue weighted by Gasteiger charge is 2.31. The molecule has 1 fully saturated rings. The van der Waals surface area contributed by atoms with Crippen molar-refractivity contribution in [1.82, 2.24) is 19.8 Å². The normalized spacial score (nSPS) is 17.3. The maximum absolute atomic E-state index is 13.3. The van der Waals surface area contributed by atoms with Crippen molar-refractivity contribution >= 4 is 26.6 Å². The van der Waals surface area contributed by atoms with E-state index < -0.39 is 9.84 Å². The van der Waals surface area contributed by atoms with E-state index >= 15 is 0 Å². The van der Waals surface area contributed by atoms with Gasteiger partial charge in [-0.3, -0.25) is 9.48 Å². The number of fused-ring (bicyclic) bond motifs is 1. The van der Waals surface area contributed by atoms with Gasteiger partial charge in [0.05, 0.1) is 28.6 Å². The second kappa shape index (κ2) is 8.39. The van der Waals surface area contributed by atoms with E-state index in [2.05, 4.69) is 10.3 Å². The van der Waals surface area contributed by atoms with Crippen molar-refractivity contribution in [3.63, 3.8) is 0 Å². The first-order chi connectivity index (χ1) is 16.2. The summed E-state index contributed by atoms with van der Waals surface area (Å²) in [5, 5.41) is 9.53. The van der Waals surface area contributed by atoms with Gasteiger partial charge in [-0.15, -0.1) is 0 Å². The van der Waals surface area contributed by atoms with Crippen molar-refractivity contribution in [3.8, 4) is 11.3 Å². The molecule has 1 amide bonds. The first kappa shape index (κ1) is 22.3. The minimum atomic E-state index is -3.01. The molecule has 1 unspecified atom stereocenters. The Morgan fingerprint density at radius 3 is 2.65 bits per heavy atom. The zero-order valence-corrected chi connectivity index (χ0v) is 20.2. The van der Waals surface area contributed by atoms with E-state index in [4.69, 9.17) is 4.52 Å². The van der Waals surface area contributed by atoms with Crippen molar-refractivity contribution in [1.29, 1.82) is 0 Å². The molecule has 0 radical (unpaired) electrons. The second-order valence-electron chi connectivity index (χ2n) is 8.92. The van der Waals surface area contributed by atoms with Crippen LogP contribution >= 0.6 is 0 Å². The number of hydrogen-bond donors (Lipinski definition) is 0. The average molecular weight is 479 g/mol. The molecular weight excluding hydrogens is 452 g/mol. The van der Waals surface area contributed by atoms with Crippen LogP contribution in [0.5, 0.6) is 0 Å². The third-order valence-electron chi connectivity index (χ3n) is 6.53. The van der Waals surface area contributed by atoms with Crippen LogP contribution in [0.1, 0.15) is 39.8 Å². The maximum atomic E-state index is 13.3. The van der Waals surface area contributed by atoms with E-state index in [1.54, 1.807) is 24.1 Å². The molecule has 5 rings (SSSR count). The van der Waals surface area contributed by atoms with Gasteiger partial charge in [-0.05, 0) is 38.5 Å².